The van der Waals surface area contributed by atoms with Gasteiger partial charge in [-0.1, -0.05) is 24.3 Å². The lowest BCUT2D eigenvalue weighted by atomic mass is 9.91. The van der Waals surface area contributed by atoms with Crippen LogP contribution >= 0.6 is 0 Å². The van der Waals surface area contributed by atoms with Crippen molar-refractivity contribution < 1.29 is 30.3 Å². The van der Waals surface area contributed by atoms with Crippen molar-refractivity contribution >= 4 is 17.8 Å². The van der Waals surface area contributed by atoms with E-state index in [4.69, 9.17) is 10.5 Å². The third-order valence-electron chi connectivity index (χ3n) is 5.09. The fourth-order valence-corrected chi connectivity index (χ4v) is 3.50. The fraction of sp³-hybridized carbons (Fsp3) is 0.130. The van der Waals surface area contributed by atoms with Crippen molar-refractivity contribution in [2.45, 2.75) is 18.6 Å². The molecule has 0 saturated carbocycles. The lowest BCUT2D eigenvalue weighted by molar-refractivity contribution is 0.0195. The molecular weight excluding hydrogens is 386 g/mol. The van der Waals surface area contributed by atoms with E-state index in [1.165, 1.54) is 24.3 Å². The number of rotatable bonds is 3. The van der Waals surface area contributed by atoms with Gasteiger partial charge in [-0.25, -0.2) is 0 Å². The maximum atomic E-state index is 10.6. The van der Waals surface area contributed by atoms with E-state index in [2.05, 4.69) is 0 Å². The van der Waals surface area contributed by atoms with E-state index in [1.54, 1.807) is 24.3 Å². The van der Waals surface area contributed by atoms with Crippen LogP contribution in [0.2, 0.25) is 0 Å². The predicted molar refractivity (Wildman–Crippen MR) is 112 cm³/mol. The summed E-state index contributed by atoms with van der Waals surface area (Å²) in [5.74, 6) is -0.745. The highest BCUT2D eigenvalue weighted by Crippen LogP contribution is 2.46. The van der Waals surface area contributed by atoms with Crippen LogP contribution in [0.25, 0.3) is 12.2 Å². The highest BCUT2D eigenvalue weighted by atomic mass is 16.5. The molecule has 0 aromatic heterocycles. The molecule has 1 heterocycles. The second kappa shape index (κ2) is 7.53. The Balaban J connectivity index is 1.75. The second-order valence-corrected chi connectivity index (χ2v) is 7.19. The Labute approximate surface area is 172 Å². The lowest BCUT2D eigenvalue weighted by Gasteiger charge is -2.32. The van der Waals surface area contributed by atoms with Gasteiger partial charge in [-0.3, -0.25) is 0 Å². The molecule has 0 aliphatic carbocycles. The van der Waals surface area contributed by atoms with Crippen molar-refractivity contribution in [3.05, 3.63) is 70.8 Å². The summed E-state index contributed by atoms with van der Waals surface area (Å²) < 4.78 is 5.99. The maximum Gasteiger partial charge on any atom is 0.157 e. The number of aromatic hydroxyl groups is 4. The van der Waals surface area contributed by atoms with Crippen molar-refractivity contribution in [2.75, 3.05) is 5.73 Å². The number of fused-ring (bicyclic) bond motifs is 1. The Kier molecular flexibility index (Phi) is 4.89. The Morgan fingerprint density at radius 1 is 0.833 bits per heavy atom. The average molecular weight is 407 g/mol. The van der Waals surface area contributed by atoms with Crippen LogP contribution in [0.5, 0.6) is 28.7 Å². The molecule has 0 fully saturated rings. The number of nitrogens with two attached hydrogens (primary N) is 1. The van der Waals surface area contributed by atoms with E-state index in [0.29, 0.717) is 22.4 Å². The molecule has 3 aromatic rings. The average Bonchev–Trinajstić information content (AvgIpc) is 2.71. The second-order valence-electron chi connectivity index (χ2n) is 7.19. The van der Waals surface area contributed by atoms with Crippen LogP contribution in [0.1, 0.15) is 28.4 Å². The normalized spacial score (nSPS) is 18.2. The zero-order valence-electron chi connectivity index (χ0n) is 15.9. The number of phenols is 4. The van der Waals surface area contributed by atoms with Crippen LogP contribution in [-0.4, -0.2) is 31.6 Å². The number of aliphatic hydroxyl groups is 1. The van der Waals surface area contributed by atoms with Crippen molar-refractivity contribution in [1.29, 1.82) is 0 Å². The van der Waals surface area contributed by atoms with E-state index in [9.17, 15) is 25.5 Å². The van der Waals surface area contributed by atoms with Crippen LogP contribution in [0.15, 0.2) is 48.5 Å². The van der Waals surface area contributed by atoms with Gasteiger partial charge in [0, 0.05) is 23.7 Å². The minimum Gasteiger partial charge on any atom is -0.507 e. The number of phenolic OH excluding ortho intramolecular Hbond substituents is 4. The summed E-state index contributed by atoms with van der Waals surface area (Å²) in [5, 5.41) is 50.6. The molecule has 0 amide bonds. The summed E-state index contributed by atoms with van der Waals surface area (Å²) in [5.41, 5.74) is 8.35. The summed E-state index contributed by atoms with van der Waals surface area (Å²) in [4.78, 5) is 0. The van der Waals surface area contributed by atoms with Crippen LogP contribution in [-0.2, 0) is 6.42 Å². The fourth-order valence-electron chi connectivity index (χ4n) is 3.50. The van der Waals surface area contributed by atoms with Gasteiger partial charge in [-0.2, -0.15) is 0 Å². The first-order valence-electron chi connectivity index (χ1n) is 9.31. The molecule has 7 N–H and O–H groups in total. The third kappa shape index (κ3) is 3.58. The molecule has 30 heavy (non-hydrogen) atoms. The van der Waals surface area contributed by atoms with Gasteiger partial charge in [0.2, 0.25) is 0 Å². The molecule has 2 unspecified atom stereocenters. The number of hydrogen-bond acceptors (Lipinski definition) is 7. The molecule has 3 aromatic carbocycles. The van der Waals surface area contributed by atoms with Gasteiger partial charge in [-0.15, -0.1) is 0 Å². The highest BCUT2D eigenvalue weighted by Gasteiger charge is 2.34. The number of anilines is 1. The number of aliphatic hydroxyl groups excluding tert-OH is 1. The number of nitrogen functional groups attached to an aromatic ring is 1. The molecule has 7 nitrogen and oxygen atoms in total. The van der Waals surface area contributed by atoms with Gasteiger partial charge in [0.25, 0.3) is 0 Å². The standard InChI is InChI=1S/C23H21NO6/c24-14-5-1-12(2-6-14)3-7-15-18(26)11-19(27)16-10-21(29)22(30-23(15)16)13-4-8-17(25)20(28)9-13/h1-9,11,21-22,25-29H,10,24H2/b7-3+. The molecule has 0 saturated heterocycles. The zero-order valence-corrected chi connectivity index (χ0v) is 15.9. The molecular formula is C23H21NO6. The van der Waals surface area contributed by atoms with Crippen LogP contribution in [0, 0.1) is 0 Å². The van der Waals surface area contributed by atoms with Crippen molar-refractivity contribution in [2.24, 2.45) is 0 Å². The van der Waals surface area contributed by atoms with Crippen LogP contribution < -0.4 is 10.5 Å². The first-order chi connectivity index (χ1) is 14.3. The highest BCUT2D eigenvalue weighted by molar-refractivity contribution is 5.78. The molecule has 1 aliphatic rings. The Hall–Kier alpha value is -3.84. The summed E-state index contributed by atoms with van der Waals surface area (Å²) in [6, 6.07) is 12.5. The van der Waals surface area contributed by atoms with Crippen LogP contribution in [0.4, 0.5) is 5.69 Å². The van der Waals surface area contributed by atoms with E-state index < -0.39 is 12.2 Å². The first-order valence-corrected chi connectivity index (χ1v) is 9.31. The first kappa shape index (κ1) is 19.5. The molecule has 154 valence electrons. The molecule has 0 bridgehead atoms. The smallest absolute Gasteiger partial charge is 0.157 e. The quantitative estimate of drug-likeness (QED) is 0.223. The van der Waals surface area contributed by atoms with Crippen molar-refractivity contribution in [1.82, 2.24) is 0 Å². The van der Waals surface area contributed by atoms with Gasteiger partial charge in [0.15, 0.2) is 11.5 Å². The third-order valence-corrected chi connectivity index (χ3v) is 5.09. The summed E-state index contributed by atoms with van der Waals surface area (Å²) in [7, 11) is 0. The van der Waals surface area contributed by atoms with Gasteiger partial charge < -0.3 is 36.0 Å². The topological polar surface area (TPSA) is 136 Å². The van der Waals surface area contributed by atoms with E-state index in [0.717, 1.165) is 5.56 Å². The number of hydrogen-bond donors (Lipinski definition) is 6. The monoisotopic (exact) mass is 407 g/mol. The molecule has 0 spiro atoms. The Morgan fingerprint density at radius 3 is 2.27 bits per heavy atom. The van der Waals surface area contributed by atoms with Crippen LogP contribution in [0.3, 0.4) is 0 Å². The van der Waals surface area contributed by atoms with E-state index in [-0.39, 0.29) is 35.2 Å². The van der Waals surface area contributed by atoms with Gasteiger partial charge in [0.05, 0.1) is 11.7 Å². The summed E-state index contributed by atoms with van der Waals surface area (Å²) in [6.07, 6.45) is 1.62. The predicted octanol–water partition coefficient (Wildman–Crippen LogP) is 3.30. The molecule has 7 heteroatoms. The SMILES string of the molecule is Nc1ccc(/C=C/c2c(O)cc(O)c3c2OC(c2ccc(O)c(O)c2)C(O)C3)cc1. The maximum absolute atomic E-state index is 10.6. The Morgan fingerprint density at radius 2 is 1.57 bits per heavy atom. The van der Waals surface area contributed by atoms with Gasteiger partial charge >= 0.3 is 0 Å². The summed E-state index contributed by atoms with van der Waals surface area (Å²) >= 11 is 0. The zero-order chi connectivity index (χ0) is 21.4. The summed E-state index contributed by atoms with van der Waals surface area (Å²) in [6.45, 7) is 0. The van der Waals surface area contributed by atoms with E-state index in [1.807, 2.05) is 12.1 Å². The number of ether oxygens (including phenoxy) is 1. The lowest BCUT2D eigenvalue weighted by Crippen LogP contribution is -2.30. The van der Waals surface area contributed by atoms with Gasteiger partial charge in [0.1, 0.15) is 23.4 Å². The number of benzene rings is 3. The van der Waals surface area contributed by atoms with Crippen molar-refractivity contribution in [3.8, 4) is 28.7 Å². The minimum absolute atomic E-state index is 0.0798. The molecule has 4 rings (SSSR count). The largest absolute Gasteiger partial charge is 0.507 e. The molecule has 2 atom stereocenters. The van der Waals surface area contributed by atoms with E-state index >= 15 is 0 Å². The molecule has 1 aliphatic heterocycles. The van der Waals surface area contributed by atoms with Gasteiger partial charge in [-0.05, 0) is 41.5 Å². The Bertz CT molecular complexity index is 1120. The van der Waals surface area contributed by atoms with Crippen molar-refractivity contribution in [3.63, 3.8) is 0 Å². The molecule has 0 radical (unpaired) electrons. The minimum atomic E-state index is -1.01.